The summed E-state index contributed by atoms with van der Waals surface area (Å²) in [5, 5.41) is 19.3. The summed E-state index contributed by atoms with van der Waals surface area (Å²) in [6.45, 7) is 3.26. The maximum atomic E-state index is 11.9. The van der Waals surface area contributed by atoms with Gasteiger partial charge in [-0.15, -0.1) is 0 Å². The highest BCUT2D eigenvalue weighted by atomic mass is 32.2. The van der Waals surface area contributed by atoms with Crippen molar-refractivity contribution in [3.05, 3.63) is 32.6 Å². The van der Waals surface area contributed by atoms with E-state index in [2.05, 4.69) is 4.98 Å². The van der Waals surface area contributed by atoms with Gasteiger partial charge in [-0.2, -0.15) is 11.8 Å². The number of nitrogens with zero attached hydrogens (tertiary/aromatic N) is 1. The lowest BCUT2D eigenvalue weighted by Gasteiger charge is -2.38. The van der Waals surface area contributed by atoms with Crippen LogP contribution >= 0.6 is 11.8 Å². The number of hydrogen-bond acceptors (Lipinski definition) is 6. The summed E-state index contributed by atoms with van der Waals surface area (Å²) in [5.74, 6) is 0.812. The second kappa shape index (κ2) is 6.78. The maximum Gasteiger partial charge on any atom is 0.330 e. The van der Waals surface area contributed by atoms with Crippen molar-refractivity contribution in [3.63, 3.8) is 0 Å². The van der Waals surface area contributed by atoms with Crippen molar-refractivity contribution in [2.75, 3.05) is 12.4 Å². The lowest BCUT2D eigenvalue weighted by Crippen LogP contribution is -2.49. The van der Waals surface area contributed by atoms with Crippen molar-refractivity contribution < 1.29 is 14.9 Å². The second-order valence-corrected chi connectivity index (χ2v) is 6.53. The summed E-state index contributed by atoms with van der Waals surface area (Å²) in [6, 6.07) is 0. The molecular formula is C13H20N2O5S. The molecule has 4 atom stereocenters. The number of aliphatic hydroxyl groups is 2. The fourth-order valence-corrected chi connectivity index (χ4v) is 3.53. The van der Waals surface area contributed by atoms with E-state index in [4.69, 9.17) is 4.74 Å². The Kier molecular flexibility index (Phi) is 5.26. The van der Waals surface area contributed by atoms with E-state index in [1.807, 2.05) is 6.92 Å². The Hall–Kier alpha value is -1.09. The largest absolute Gasteiger partial charge is 0.394 e. The smallest absolute Gasteiger partial charge is 0.330 e. The van der Waals surface area contributed by atoms with Crippen LogP contribution in [0, 0.1) is 6.92 Å². The minimum Gasteiger partial charge on any atom is -0.394 e. The van der Waals surface area contributed by atoms with E-state index < -0.39 is 29.7 Å². The number of nitrogens with one attached hydrogen (secondary N) is 1. The van der Waals surface area contributed by atoms with E-state index >= 15 is 0 Å². The Labute approximate surface area is 126 Å². The molecule has 2 unspecified atom stereocenters. The van der Waals surface area contributed by atoms with Crippen LogP contribution in [0.1, 0.15) is 25.1 Å². The predicted molar refractivity (Wildman–Crippen MR) is 79.6 cm³/mol. The highest BCUT2D eigenvalue weighted by Gasteiger charge is 2.38. The fraction of sp³-hybridized carbons (Fsp3) is 0.692. The first kappa shape index (κ1) is 16.3. The summed E-state index contributed by atoms with van der Waals surface area (Å²) in [4.78, 5) is 25.6. The average Bonchev–Trinajstić information content (AvgIpc) is 2.45. The average molecular weight is 316 g/mol. The van der Waals surface area contributed by atoms with Gasteiger partial charge < -0.3 is 14.9 Å². The monoisotopic (exact) mass is 316 g/mol. The lowest BCUT2D eigenvalue weighted by molar-refractivity contribution is -0.157. The first-order valence-corrected chi connectivity index (χ1v) is 7.90. The molecule has 0 bridgehead atoms. The highest BCUT2D eigenvalue weighted by Crippen LogP contribution is 2.33. The van der Waals surface area contributed by atoms with E-state index in [0.29, 0.717) is 12.0 Å². The minimum absolute atomic E-state index is 0.134. The number of hydrogen-bond donors (Lipinski definition) is 3. The molecule has 0 spiro atoms. The van der Waals surface area contributed by atoms with E-state index in [1.54, 1.807) is 18.7 Å². The van der Waals surface area contributed by atoms with Gasteiger partial charge in [0.2, 0.25) is 0 Å². The Morgan fingerprint density at radius 1 is 1.52 bits per heavy atom. The van der Waals surface area contributed by atoms with Gasteiger partial charge in [0.15, 0.2) is 0 Å². The second-order valence-electron chi connectivity index (χ2n) is 5.01. The standard InChI is InChI=1S/C13H20N2O5S/c1-3-21-9-4-10(20-8(6-16)11(9)17)15-5-7(2)12(18)14-13(15)19/h5,8-11,16-17H,3-4,6H2,1-2H3,(H,14,18,19)/t8-,9?,10?,11-/m1/s1. The molecule has 0 aromatic carbocycles. The first-order valence-electron chi connectivity index (χ1n) is 6.86. The Bertz CT molecular complexity index is 599. The summed E-state index contributed by atoms with van der Waals surface area (Å²) in [5.41, 5.74) is -0.571. The summed E-state index contributed by atoms with van der Waals surface area (Å²) >= 11 is 1.56. The van der Waals surface area contributed by atoms with Crippen LogP contribution in [0.15, 0.2) is 15.8 Å². The first-order chi connectivity index (χ1) is 9.97. The van der Waals surface area contributed by atoms with Crippen LogP contribution in [0.3, 0.4) is 0 Å². The van der Waals surface area contributed by atoms with Crippen LogP contribution in [0.2, 0.25) is 0 Å². The number of H-pyrrole nitrogens is 1. The molecule has 21 heavy (non-hydrogen) atoms. The lowest BCUT2D eigenvalue weighted by atomic mass is 10.0. The molecule has 0 saturated carbocycles. The molecule has 2 heterocycles. The molecule has 1 aromatic rings. The predicted octanol–water partition coefficient (Wildman–Crippen LogP) is -0.393. The van der Waals surface area contributed by atoms with E-state index in [-0.39, 0.29) is 11.9 Å². The molecule has 0 radical (unpaired) electrons. The van der Waals surface area contributed by atoms with Crippen molar-refractivity contribution in [1.29, 1.82) is 0 Å². The van der Waals surface area contributed by atoms with Gasteiger partial charge in [0.05, 0.1) is 12.7 Å². The summed E-state index contributed by atoms with van der Waals surface area (Å²) < 4.78 is 6.93. The molecule has 1 saturated heterocycles. The van der Waals surface area contributed by atoms with Crippen LogP contribution in [0.5, 0.6) is 0 Å². The molecule has 2 rings (SSSR count). The quantitative estimate of drug-likeness (QED) is 0.699. The third-order valence-electron chi connectivity index (χ3n) is 3.54. The third kappa shape index (κ3) is 3.39. The Morgan fingerprint density at radius 3 is 2.86 bits per heavy atom. The molecule has 1 aliphatic heterocycles. The number of aryl methyl sites for hydroxylation is 1. The molecule has 7 nitrogen and oxygen atoms in total. The molecule has 8 heteroatoms. The minimum atomic E-state index is -0.782. The van der Waals surface area contributed by atoms with Crippen LogP contribution in [0.4, 0.5) is 0 Å². The zero-order valence-corrected chi connectivity index (χ0v) is 12.8. The van der Waals surface area contributed by atoms with Gasteiger partial charge in [-0.05, 0) is 12.7 Å². The van der Waals surface area contributed by atoms with Crippen molar-refractivity contribution >= 4 is 11.8 Å². The van der Waals surface area contributed by atoms with Crippen LogP contribution in [-0.2, 0) is 4.74 Å². The van der Waals surface area contributed by atoms with Crippen molar-refractivity contribution in [1.82, 2.24) is 9.55 Å². The zero-order valence-electron chi connectivity index (χ0n) is 12.0. The van der Waals surface area contributed by atoms with Crippen molar-refractivity contribution in [2.45, 2.75) is 44.0 Å². The highest BCUT2D eigenvalue weighted by molar-refractivity contribution is 7.99. The Morgan fingerprint density at radius 2 is 2.24 bits per heavy atom. The SMILES string of the molecule is CCSC1CC(n2cc(C)c(=O)[nH]c2=O)O[C@H](CO)[C@H]1O. The fourth-order valence-electron chi connectivity index (χ4n) is 2.43. The van der Waals surface area contributed by atoms with Gasteiger partial charge >= 0.3 is 5.69 Å². The normalized spacial score (nSPS) is 29.5. The van der Waals surface area contributed by atoms with Crippen LogP contribution < -0.4 is 11.2 Å². The summed E-state index contributed by atoms with van der Waals surface area (Å²) in [6.07, 6.45) is -0.256. The van der Waals surface area contributed by atoms with Crippen LogP contribution in [-0.4, -0.2) is 49.6 Å². The third-order valence-corrected chi connectivity index (χ3v) is 4.78. The van der Waals surface area contributed by atoms with Gasteiger partial charge in [0.25, 0.3) is 5.56 Å². The van der Waals surface area contributed by atoms with Gasteiger partial charge in [0.1, 0.15) is 12.3 Å². The number of aliphatic hydroxyl groups excluding tert-OH is 2. The van der Waals surface area contributed by atoms with Gasteiger partial charge in [-0.25, -0.2) is 4.79 Å². The number of thioether (sulfide) groups is 1. The zero-order chi connectivity index (χ0) is 15.6. The molecule has 0 aliphatic carbocycles. The van der Waals surface area contributed by atoms with Gasteiger partial charge in [-0.3, -0.25) is 14.3 Å². The van der Waals surface area contributed by atoms with E-state index in [0.717, 1.165) is 5.75 Å². The number of rotatable bonds is 4. The van der Waals surface area contributed by atoms with Crippen molar-refractivity contribution in [3.8, 4) is 0 Å². The van der Waals surface area contributed by atoms with Gasteiger partial charge in [0, 0.05) is 23.4 Å². The summed E-state index contributed by atoms with van der Waals surface area (Å²) in [7, 11) is 0. The Balaban J connectivity index is 2.33. The topological polar surface area (TPSA) is 105 Å². The molecular weight excluding hydrogens is 296 g/mol. The number of ether oxygens (including phenoxy) is 1. The van der Waals surface area contributed by atoms with Crippen LogP contribution in [0.25, 0.3) is 0 Å². The van der Waals surface area contributed by atoms with E-state index in [9.17, 15) is 19.8 Å². The molecule has 118 valence electrons. The molecule has 3 N–H and O–H groups in total. The molecule has 0 amide bonds. The molecule has 1 aliphatic rings. The molecule has 1 fully saturated rings. The maximum absolute atomic E-state index is 11.9. The molecule has 1 aromatic heterocycles. The van der Waals surface area contributed by atoms with Gasteiger partial charge in [-0.1, -0.05) is 6.92 Å². The number of aromatic nitrogens is 2. The van der Waals surface area contributed by atoms with Crippen molar-refractivity contribution in [2.24, 2.45) is 0 Å². The number of aromatic amines is 1. The van der Waals surface area contributed by atoms with E-state index in [1.165, 1.54) is 10.8 Å².